The second-order valence-electron chi connectivity index (χ2n) is 4.38. The summed E-state index contributed by atoms with van der Waals surface area (Å²) in [6.45, 7) is -0.339. The summed E-state index contributed by atoms with van der Waals surface area (Å²) >= 11 is 0. The van der Waals surface area contributed by atoms with Gasteiger partial charge in [-0.2, -0.15) is 5.10 Å². The molecule has 18 heavy (non-hydrogen) atoms. The number of rotatable bonds is 2. The number of benzene rings is 1. The lowest BCUT2D eigenvalue weighted by atomic mass is 10.1. The molecule has 1 fully saturated rings. The molecule has 1 aliphatic heterocycles. The third-order valence-corrected chi connectivity index (χ3v) is 3.26. The lowest BCUT2D eigenvalue weighted by molar-refractivity contribution is -0.0564. The Hall–Kier alpha value is -1.47. The highest BCUT2D eigenvalue weighted by atomic mass is 16.6. The molecule has 6 nitrogen and oxygen atoms in total. The van der Waals surface area contributed by atoms with Crippen LogP contribution in [0.3, 0.4) is 0 Å². The average Bonchev–Trinajstić information content (AvgIpc) is 2.93. The fourth-order valence-electron chi connectivity index (χ4n) is 2.28. The van der Waals surface area contributed by atoms with Crippen molar-refractivity contribution < 1.29 is 20.1 Å². The minimum absolute atomic E-state index is 0.339. The zero-order valence-corrected chi connectivity index (χ0v) is 9.55. The van der Waals surface area contributed by atoms with Gasteiger partial charge < -0.3 is 20.1 Å². The number of fused-ring (bicyclic) bond motifs is 1. The van der Waals surface area contributed by atoms with Crippen LogP contribution in [0.25, 0.3) is 10.9 Å². The number of nitrogens with zero attached hydrogens (tertiary/aromatic N) is 2. The van der Waals surface area contributed by atoms with Crippen molar-refractivity contribution in [3.8, 4) is 0 Å². The Morgan fingerprint density at radius 3 is 2.72 bits per heavy atom. The van der Waals surface area contributed by atoms with Crippen molar-refractivity contribution in [2.24, 2.45) is 0 Å². The first-order chi connectivity index (χ1) is 8.72. The fraction of sp³-hybridized carbons (Fsp3) is 0.417. The summed E-state index contributed by atoms with van der Waals surface area (Å²) in [5.74, 6) is 0. The van der Waals surface area contributed by atoms with Crippen LogP contribution < -0.4 is 0 Å². The minimum atomic E-state index is -1.11. The maximum Gasteiger partial charge on any atom is 0.179 e. The van der Waals surface area contributed by atoms with E-state index in [1.165, 1.54) is 4.68 Å². The molecule has 1 saturated heterocycles. The normalized spacial score (nSPS) is 32.2. The Kier molecular flexibility index (Phi) is 2.79. The predicted molar refractivity (Wildman–Crippen MR) is 62.7 cm³/mol. The van der Waals surface area contributed by atoms with E-state index in [2.05, 4.69) is 5.10 Å². The van der Waals surface area contributed by atoms with Crippen LogP contribution in [-0.4, -0.2) is 50.0 Å². The average molecular weight is 250 g/mol. The van der Waals surface area contributed by atoms with Crippen LogP contribution in [0.4, 0.5) is 0 Å². The zero-order chi connectivity index (χ0) is 12.7. The monoisotopic (exact) mass is 250 g/mol. The summed E-state index contributed by atoms with van der Waals surface area (Å²) in [5.41, 5.74) is 0.812. The highest BCUT2D eigenvalue weighted by Gasteiger charge is 2.44. The molecule has 0 radical (unpaired) electrons. The van der Waals surface area contributed by atoms with E-state index in [4.69, 9.17) is 9.84 Å². The van der Waals surface area contributed by atoms with Crippen molar-refractivity contribution in [1.82, 2.24) is 9.78 Å². The number of aliphatic hydroxyl groups excluding tert-OH is 3. The molecule has 4 atom stereocenters. The summed E-state index contributed by atoms with van der Waals surface area (Å²) in [6, 6.07) is 7.52. The molecule has 0 aliphatic carbocycles. The van der Waals surface area contributed by atoms with Crippen LogP contribution in [0.1, 0.15) is 6.23 Å². The smallest absolute Gasteiger partial charge is 0.179 e. The first-order valence-corrected chi connectivity index (χ1v) is 5.77. The van der Waals surface area contributed by atoms with Gasteiger partial charge in [0.05, 0.1) is 18.3 Å². The number of aliphatic hydroxyl groups is 3. The second kappa shape index (κ2) is 4.33. The van der Waals surface area contributed by atoms with Crippen LogP contribution in [0, 0.1) is 0 Å². The van der Waals surface area contributed by atoms with Gasteiger partial charge in [-0.05, 0) is 6.07 Å². The van der Waals surface area contributed by atoms with Crippen molar-refractivity contribution in [1.29, 1.82) is 0 Å². The van der Waals surface area contributed by atoms with Crippen molar-refractivity contribution in [3.63, 3.8) is 0 Å². The van der Waals surface area contributed by atoms with Gasteiger partial charge in [-0.15, -0.1) is 0 Å². The number of aromatic nitrogens is 2. The van der Waals surface area contributed by atoms with Gasteiger partial charge in [-0.3, -0.25) is 0 Å². The molecule has 2 aromatic rings. The molecule has 2 heterocycles. The Morgan fingerprint density at radius 1 is 1.22 bits per heavy atom. The van der Waals surface area contributed by atoms with Gasteiger partial charge in [0.15, 0.2) is 6.23 Å². The molecule has 1 aromatic heterocycles. The summed E-state index contributed by atoms with van der Waals surface area (Å²) in [4.78, 5) is 0. The molecule has 0 bridgehead atoms. The van der Waals surface area contributed by atoms with E-state index < -0.39 is 24.5 Å². The summed E-state index contributed by atoms with van der Waals surface area (Å²) < 4.78 is 6.96. The van der Waals surface area contributed by atoms with Crippen LogP contribution in [0.5, 0.6) is 0 Å². The Morgan fingerprint density at radius 2 is 2.00 bits per heavy atom. The van der Waals surface area contributed by atoms with Gasteiger partial charge in [-0.1, -0.05) is 18.2 Å². The lowest BCUT2D eigenvalue weighted by Gasteiger charge is -2.16. The topological polar surface area (TPSA) is 87.7 Å². The van der Waals surface area contributed by atoms with Crippen molar-refractivity contribution in [2.75, 3.05) is 6.61 Å². The SMILES string of the molecule is OCC1OC(n2ncc3ccccc32)C(O)C1O. The predicted octanol–water partition coefficient (Wildman–Crippen LogP) is -0.352. The minimum Gasteiger partial charge on any atom is -0.394 e. The van der Waals surface area contributed by atoms with E-state index in [9.17, 15) is 10.2 Å². The summed E-state index contributed by atoms with van der Waals surface area (Å²) in [6.07, 6.45) is -2.11. The Bertz CT molecular complexity index is 556. The summed E-state index contributed by atoms with van der Waals surface area (Å²) in [7, 11) is 0. The van der Waals surface area contributed by atoms with Crippen LogP contribution in [0.15, 0.2) is 30.5 Å². The fourth-order valence-corrected chi connectivity index (χ4v) is 2.28. The molecular formula is C12H14N2O4. The summed E-state index contributed by atoms with van der Waals surface area (Å²) in [5, 5.41) is 33.8. The number of hydrogen-bond acceptors (Lipinski definition) is 5. The van der Waals surface area contributed by atoms with Crippen LogP contribution >= 0.6 is 0 Å². The Balaban J connectivity index is 2.00. The van der Waals surface area contributed by atoms with E-state index in [1.54, 1.807) is 6.20 Å². The van der Waals surface area contributed by atoms with E-state index in [0.29, 0.717) is 0 Å². The second-order valence-corrected chi connectivity index (χ2v) is 4.38. The highest BCUT2D eigenvalue weighted by molar-refractivity contribution is 5.78. The number of para-hydroxylation sites is 1. The number of ether oxygens (including phenoxy) is 1. The van der Waals surface area contributed by atoms with Gasteiger partial charge in [0, 0.05) is 5.39 Å². The van der Waals surface area contributed by atoms with E-state index >= 15 is 0 Å². The van der Waals surface area contributed by atoms with Gasteiger partial charge in [-0.25, -0.2) is 4.68 Å². The van der Waals surface area contributed by atoms with Crippen molar-refractivity contribution >= 4 is 10.9 Å². The maximum absolute atomic E-state index is 9.94. The third-order valence-electron chi connectivity index (χ3n) is 3.26. The van der Waals surface area contributed by atoms with Crippen LogP contribution in [0.2, 0.25) is 0 Å². The molecule has 3 N–H and O–H groups in total. The molecule has 0 amide bonds. The van der Waals surface area contributed by atoms with Gasteiger partial charge in [0.25, 0.3) is 0 Å². The van der Waals surface area contributed by atoms with Crippen molar-refractivity contribution in [2.45, 2.75) is 24.5 Å². The molecule has 3 rings (SSSR count). The molecule has 1 aliphatic rings. The molecular weight excluding hydrogens is 236 g/mol. The quantitative estimate of drug-likeness (QED) is 0.678. The van der Waals surface area contributed by atoms with Crippen molar-refractivity contribution in [3.05, 3.63) is 30.5 Å². The molecule has 6 heteroatoms. The maximum atomic E-state index is 9.94. The zero-order valence-electron chi connectivity index (χ0n) is 9.55. The van der Waals surface area contributed by atoms with Gasteiger partial charge in [0.1, 0.15) is 18.3 Å². The molecule has 96 valence electrons. The first-order valence-electron chi connectivity index (χ1n) is 5.77. The number of hydrogen-bond donors (Lipinski definition) is 3. The standard InChI is InChI=1S/C12H14N2O4/c15-6-9-10(16)11(17)12(18-9)14-8-4-2-1-3-7(8)5-13-14/h1-5,9-12,15-17H,6H2. The van der Waals surface area contributed by atoms with Gasteiger partial charge >= 0.3 is 0 Å². The highest BCUT2D eigenvalue weighted by Crippen LogP contribution is 2.31. The lowest BCUT2D eigenvalue weighted by Crippen LogP contribution is -2.33. The van der Waals surface area contributed by atoms with Crippen LogP contribution in [-0.2, 0) is 4.74 Å². The molecule has 4 unspecified atom stereocenters. The Labute approximate surface area is 103 Å². The van der Waals surface area contributed by atoms with E-state index in [1.807, 2.05) is 24.3 Å². The molecule has 1 aromatic carbocycles. The molecule has 0 saturated carbocycles. The van der Waals surface area contributed by atoms with E-state index in [-0.39, 0.29) is 6.61 Å². The first kappa shape index (κ1) is 11.6. The molecule has 0 spiro atoms. The van der Waals surface area contributed by atoms with E-state index in [0.717, 1.165) is 10.9 Å². The third kappa shape index (κ3) is 1.62. The largest absolute Gasteiger partial charge is 0.394 e. The van der Waals surface area contributed by atoms with Gasteiger partial charge in [0.2, 0.25) is 0 Å².